The number of nitrogens with two attached hydrogens (primary N) is 1. The second-order valence-electron chi connectivity index (χ2n) is 2.84. The zero-order valence-corrected chi connectivity index (χ0v) is 7.15. The van der Waals surface area contributed by atoms with Crippen LogP contribution in [-0.2, 0) is 10.2 Å². The third-order valence-corrected chi connectivity index (χ3v) is 2.75. The molecule has 0 spiro atoms. The van der Waals surface area contributed by atoms with Crippen LogP contribution < -0.4 is 5.14 Å². The molecule has 0 saturated carbocycles. The Hall–Kier alpha value is -0.270. The highest BCUT2D eigenvalue weighted by Gasteiger charge is 2.38. The maximum atomic E-state index is 12.6. The number of hydrogen-bond donors (Lipinski definition) is 1. The van der Waals surface area contributed by atoms with E-state index in [-0.39, 0.29) is 19.4 Å². The summed E-state index contributed by atoms with van der Waals surface area (Å²) in [5.41, 5.74) is 0. The minimum absolute atomic E-state index is 0.0917. The van der Waals surface area contributed by atoms with Crippen LogP contribution in [0, 0.1) is 0 Å². The molecule has 1 fully saturated rings. The lowest BCUT2D eigenvalue weighted by Crippen LogP contribution is -2.48. The molecule has 0 aromatic rings. The summed E-state index contributed by atoms with van der Waals surface area (Å²) >= 11 is 0. The zero-order chi connectivity index (χ0) is 9.41. The molecule has 0 radical (unpaired) electrons. The Morgan fingerprint density at radius 3 is 2.33 bits per heavy atom. The summed E-state index contributed by atoms with van der Waals surface area (Å²) in [7, 11) is -3.94. The van der Waals surface area contributed by atoms with E-state index in [4.69, 9.17) is 5.14 Å². The Morgan fingerprint density at radius 2 is 2.00 bits per heavy atom. The van der Waals surface area contributed by atoms with Gasteiger partial charge in [0.1, 0.15) is 0 Å². The van der Waals surface area contributed by atoms with E-state index >= 15 is 0 Å². The fourth-order valence-corrected chi connectivity index (χ4v) is 1.90. The van der Waals surface area contributed by atoms with Gasteiger partial charge in [-0.05, 0) is 6.42 Å². The van der Waals surface area contributed by atoms with E-state index in [1.807, 2.05) is 0 Å². The summed E-state index contributed by atoms with van der Waals surface area (Å²) in [5.74, 6) is -2.93. The van der Waals surface area contributed by atoms with Gasteiger partial charge in [-0.3, -0.25) is 0 Å². The molecular formula is C5H10F2N2O2S. The molecule has 0 atom stereocenters. The van der Waals surface area contributed by atoms with Crippen LogP contribution in [0.5, 0.6) is 0 Å². The Kier molecular flexibility index (Phi) is 2.37. The first kappa shape index (κ1) is 9.82. The molecule has 72 valence electrons. The minimum Gasteiger partial charge on any atom is -0.216 e. The zero-order valence-electron chi connectivity index (χ0n) is 6.33. The van der Waals surface area contributed by atoms with Crippen LogP contribution in [0.4, 0.5) is 8.78 Å². The molecule has 12 heavy (non-hydrogen) atoms. The van der Waals surface area contributed by atoms with Gasteiger partial charge in [-0.1, -0.05) is 0 Å². The Bertz CT molecular complexity index is 265. The lowest BCUT2D eigenvalue weighted by molar-refractivity contribution is -0.0434. The fourth-order valence-electron chi connectivity index (χ4n) is 1.15. The molecule has 0 bridgehead atoms. The van der Waals surface area contributed by atoms with Crippen molar-refractivity contribution in [2.45, 2.75) is 18.8 Å². The molecule has 1 saturated heterocycles. The predicted octanol–water partition coefficient (Wildman–Crippen LogP) is -0.0790. The maximum Gasteiger partial charge on any atom is 0.277 e. The lowest BCUT2D eigenvalue weighted by Gasteiger charge is -2.29. The van der Waals surface area contributed by atoms with Gasteiger partial charge >= 0.3 is 0 Å². The monoisotopic (exact) mass is 200 g/mol. The van der Waals surface area contributed by atoms with E-state index in [2.05, 4.69) is 0 Å². The SMILES string of the molecule is NS(=O)(=O)N1CCCC(F)(F)C1. The quantitative estimate of drug-likeness (QED) is 0.643. The molecule has 0 unspecified atom stereocenters. The lowest BCUT2D eigenvalue weighted by atomic mass is 10.1. The first-order valence-electron chi connectivity index (χ1n) is 3.47. The predicted molar refractivity (Wildman–Crippen MR) is 38.9 cm³/mol. The standard InChI is InChI=1S/C5H10F2N2O2S/c6-5(7)2-1-3-9(4-5)12(8,10)11/h1-4H2,(H2,8,10,11). The van der Waals surface area contributed by atoms with Crippen molar-refractivity contribution in [2.75, 3.05) is 13.1 Å². The molecule has 1 aliphatic rings. The molecule has 4 nitrogen and oxygen atoms in total. The fraction of sp³-hybridized carbons (Fsp3) is 1.00. The average Bonchev–Trinajstić information content (AvgIpc) is 1.83. The molecular weight excluding hydrogens is 190 g/mol. The van der Waals surface area contributed by atoms with Gasteiger partial charge in [0.05, 0.1) is 6.54 Å². The summed E-state index contributed by atoms with van der Waals surface area (Å²) in [5, 5.41) is 4.70. The minimum atomic E-state index is -3.94. The summed E-state index contributed by atoms with van der Waals surface area (Å²) in [6.45, 7) is -0.694. The van der Waals surface area contributed by atoms with Crippen molar-refractivity contribution in [3.63, 3.8) is 0 Å². The van der Waals surface area contributed by atoms with E-state index in [9.17, 15) is 17.2 Å². The van der Waals surface area contributed by atoms with Crippen LogP contribution in [0.2, 0.25) is 0 Å². The van der Waals surface area contributed by atoms with Crippen LogP contribution in [0.25, 0.3) is 0 Å². The van der Waals surface area contributed by atoms with Crippen LogP contribution in [0.15, 0.2) is 0 Å². The van der Waals surface area contributed by atoms with E-state index in [0.717, 1.165) is 0 Å². The van der Waals surface area contributed by atoms with Crippen LogP contribution in [-0.4, -0.2) is 31.7 Å². The van der Waals surface area contributed by atoms with Crippen molar-refractivity contribution in [3.05, 3.63) is 0 Å². The first-order valence-corrected chi connectivity index (χ1v) is 4.97. The number of rotatable bonds is 1. The molecule has 1 rings (SSSR count). The van der Waals surface area contributed by atoms with Gasteiger partial charge in [-0.25, -0.2) is 13.9 Å². The Morgan fingerprint density at radius 1 is 1.42 bits per heavy atom. The van der Waals surface area contributed by atoms with E-state index in [0.29, 0.717) is 4.31 Å². The summed E-state index contributed by atoms with van der Waals surface area (Å²) < 4.78 is 47.1. The molecule has 1 heterocycles. The molecule has 1 aliphatic heterocycles. The van der Waals surface area contributed by atoms with Gasteiger partial charge in [-0.2, -0.15) is 12.7 Å². The van der Waals surface area contributed by atoms with Gasteiger partial charge in [0, 0.05) is 13.0 Å². The molecule has 2 N–H and O–H groups in total. The highest BCUT2D eigenvalue weighted by molar-refractivity contribution is 7.86. The Labute approximate surface area is 69.5 Å². The van der Waals surface area contributed by atoms with E-state index in [1.54, 1.807) is 0 Å². The van der Waals surface area contributed by atoms with Crippen molar-refractivity contribution in [2.24, 2.45) is 5.14 Å². The van der Waals surface area contributed by atoms with E-state index in [1.165, 1.54) is 0 Å². The highest BCUT2D eigenvalue weighted by Crippen LogP contribution is 2.26. The van der Waals surface area contributed by atoms with Crippen LogP contribution >= 0.6 is 0 Å². The topological polar surface area (TPSA) is 63.4 Å². The summed E-state index contributed by atoms with van der Waals surface area (Å²) in [6.07, 6.45) is -0.109. The second kappa shape index (κ2) is 2.90. The van der Waals surface area contributed by atoms with Crippen molar-refractivity contribution in [3.8, 4) is 0 Å². The van der Waals surface area contributed by atoms with Gasteiger partial charge < -0.3 is 0 Å². The average molecular weight is 200 g/mol. The van der Waals surface area contributed by atoms with E-state index < -0.39 is 22.7 Å². The molecule has 0 amide bonds. The smallest absolute Gasteiger partial charge is 0.216 e. The second-order valence-corrected chi connectivity index (χ2v) is 4.38. The molecule has 0 aliphatic carbocycles. The number of nitrogens with zero attached hydrogens (tertiary/aromatic N) is 1. The number of piperidine rings is 1. The van der Waals surface area contributed by atoms with Gasteiger partial charge in [-0.15, -0.1) is 0 Å². The van der Waals surface area contributed by atoms with Gasteiger partial charge in [0.15, 0.2) is 0 Å². The van der Waals surface area contributed by atoms with Crippen molar-refractivity contribution < 1.29 is 17.2 Å². The number of alkyl halides is 2. The highest BCUT2D eigenvalue weighted by atomic mass is 32.2. The third kappa shape index (κ3) is 2.36. The number of halogens is 2. The molecule has 0 aromatic heterocycles. The summed E-state index contributed by atoms with van der Waals surface area (Å²) in [6, 6.07) is 0. The molecule has 0 aromatic carbocycles. The Balaban J connectivity index is 2.71. The third-order valence-electron chi connectivity index (χ3n) is 1.72. The van der Waals surface area contributed by atoms with Gasteiger partial charge in [0.2, 0.25) is 0 Å². The maximum absolute atomic E-state index is 12.6. The summed E-state index contributed by atoms with van der Waals surface area (Å²) in [4.78, 5) is 0. The number of hydrogen-bond acceptors (Lipinski definition) is 2. The van der Waals surface area contributed by atoms with Gasteiger partial charge in [0.25, 0.3) is 16.1 Å². The normalized spacial score (nSPS) is 25.6. The molecule has 7 heteroatoms. The van der Waals surface area contributed by atoms with Crippen LogP contribution in [0.3, 0.4) is 0 Å². The first-order chi connectivity index (χ1) is 5.31. The van der Waals surface area contributed by atoms with Crippen LogP contribution in [0.1, 0.15) is 12.8 Å². The van der Waals surface area contributed by atoms with Crippen molar-refractivity contribution in [1.29, 1.82) is 0 Å². The van der Waals surface area contributed by atoms with Crippen molar-refractivity contribution in [1.82, 2.24) is 4.31 Å². The van der Waals surface area contributed by atoms with Crippen molar-refractivity contribution >= 4 is 10.2 Å². The largest absolute Gasteiger partial charge is 0.277 e.